The lowest BCUT2D eigenvalue weighted by atomic mass is 10.00. The molecule has 1 fully saturated rings. The number of hydrogen-bond donors (Lipinski definition) is 0. The Bertz CT molecular complexity index is 772. The number of likely N-dealkylation sites (tertiary alicyclic amines) is 1. The molecule has 1 aromatic carbocycles. The van der Waals surface area contributed by atoms with Crippen LogP contribution in [0.1, 0.15) is 19.8 Å². The molecule has 9 heteroatoms. The smallest absolute Gasteiger partial charge is 0.323 e. The minimum atomic E-state index is -0.691. The summed E-state index contributed by atoms with van der Waals surface area (Å²) < 4.78 is 1.69. The van der Waals surface area contributed by atoms with Crippen molar-refractivity contribution in [2.24, 2.45) is 5.92 Å². The van der Waals surface area contributed by atoms with Crippen LogP contribution in [-0.2, 0) is 0 Å². The summed E-state index contributed by atoms with van der Waals surface area (Å²) in [5, 5.41) is 7.93. The van der Waals surface area contributed by atoms with Crippen molar-refractivity contribution in [3.63, 3.8) is 0 Å². The van der Waals surface area contributed by atoms with E-state index in [0.717, 1.165) is 22.2 Å². The van der Waals surface area contributed by atoms with Gasteiger partial charge in [0.15, 0.2) is 0 Å². The van der Waals surface area contributed by atoms with Crippen molar-refractivity contribution in [3.05, 3.63) is 38.7 Å². The van der Waals surface area contributed by atoms with Gasteiger partial charge in [0.25, 0.3) is 0 Å². The molecule has 2 heterocycles. The monoisotopic (exact) mass is 355 g/mol. The molecule has 3 rings (SSSR count). The molecule has 1 saturated heterocycles. The van der Waals surface area contributed by atoms with E-state index in [9.17, 15) is 9.59 Å². The fourth-order valence-electron chi connectivity index (χ4n) is 2.53. The van der Waals surface area contributed by atoms with Gasteiger partial charge in [-0.1, -0.05) is 36.2 Å². The number of amides is 1. The quantitative estimate of drug-likeness (QED) is 0.736. The number of benzene rings is 1. The maximum absolute atomic E-state index is 12.5. The summed E-state index contributed by atoms with van der Waals surface area (Å²) in [5.74, 6) is 0.577. The third-order valence-electron chi connectivity index (χ3n) is 3.97. The van der Waals surface area contributed by atoms with Crippen molar-refractivity contribution in [2.75, 3.05) is 13.1 Å². The van der Waals surface area contributed by atoms with Crippen molar-refractivity contribution >= 4 is 29.2 Å². The topological polar surface area (TPSA) is 73.0 Å². The number of nitrogens with zero attached hydrogens (tertiary/aromatic N) is 5. The van der Waals surface area contributed by atoms with Crippen LogP contribution in [0.25, 0.3) is 5.69 Å². The number of tetrazole rings is 1. The molecule has 23 heavy (non-hydrogen) atoms. The van der Waals surface area contributed by atoms with Crippen LogP contribution in [0.3, 0.4) is 0 Å². The van der Waals surface area contributed by atoms with Crippen LogP contribution < -0.4 is 5.69 Å². The van der Waals surface area contributed by atoms with Gasteiger partial charge < -0.3 is 4.90 Å². The fraction of sp³-hybridized carbons (Fsp3) is 0.429. The largest absolute Gasteiger partial charge is 0.377 e. The van der Waals surface area contributed by atoms with Crippen LogP contribution in [0.2, 0.25) is 10.0 Å². The summed E-state index contributed by atoms with van der Waals surface area (Å²) in [6.07, 6.45) is 1.82. The van der Waals surface area contributed by atoms with Crippen LogP contribution in [0.5, 0.6) is 0 Å². The van der Waals surface area contributed by atoms with E-state index in [4.69, 9.17) is 23.2 Å². The average Bonchev–Trinajstić information content (AvgIpc) is 2.89. The maximum Gasteiger partial charge on any atom is 0.377 e. The summed E-state index contributed by atoms with van der Waals surface area (Å²) in [7, 11) is 0. The van der Waals surface area contributed by atoms with Gasteiger partial charge in [0, 0.05) is 13.1 Å². The first-order chi connectivity index (χ1) is 11.0. The van der Waals surface area contributed by atoms with Gasteiger partial charge in [0.2, 0.25) is 0 Å². The molecule has 2 aromatic rings. The number of hydrogen-bond acceptors (Lipinski definition) is 4. The number of carbonyl (C=O) groups excluding carboxylic acids is 1. The summed E-state index contributed by atoms with van der Waals surface area (Å²) in [5.41, 5.74) is -0.476. The Morgan fingerprint density at radius 2 is 1.78 bits per heavy atom. The first-order valence-electron chi connectivity index (χ1n) is 7.27. The predicted octanol–water partition coefficient (Wildman–Crippen LogP) is 2.44. The Morgan fingerprint density at radius 3 is 2.39 bits per heavy atom. The fourth-order valence-corrected chi connectivity index (χ4v) is 3.09. The van der Waals surface area contributed by atoms with Gasteiger partial charge in [-0.2, -0.15) is 4.68 Å². The standard InChI is InChI=1S/C14H15Cl2N5O2/c1-9-5-7-19(8-6-9)13(22)21-14(23)20(17-18-21)12-10(15)3-2-4-11(12)16/h2-4,9H,5-8H2,1H3. The summed E-state index contributed by atoms with van der Waals surface area (Å²) in [4.78, 5) is 26.5. The first-order valence-corrected chi connectivity index (χ1v) is 8.03. The van der Waals surface area contributed by atoms with Crippen LogP contribution in [-0.4, -0.2) is 43.8 Å². The van der Waals surface area contributed by atoms with E-state index in [-0.39, 0.29) is 15.7 Å². The summed E-state index contributed by atoms with van der Waals surface area (Å²) in [6.45, 7) is 3.35. The van der Waals surface area contributed by atoms with Crippen molar-refractivity contribution in [1.29, 1.82) is 0 Å². The molecule has 0 N–H and O–H groups in total. The van der Waals surface area contributed by atoms with Crippen molar-refractivity contribution < 1.29 is 4.79 Å². The van der Waals surface area contributed by atoms with Gasteiger partial charge in [0.1, 0.15) is 5.69 Å². The Labute approximate surface area is 142 Å². The van der Waals surface area contributed by atoms with E-state index in [1.165, 1.54) is 0 Å². The lowest BCUT2D eigenvalue weighted by Crippen LogP contribution is -2.44. The lowest BCUT2D eigenvalue weighted by Gasteiger charge is -2.29. The molecule has 0 spiro atoms. The van der Waals surface area contributed by atoms with Gasteiger partial charge in [0.05, 0.1) is 10.0 Å². The van der Waals surface area contributed by atoms with Crippen LogP contribution in [0.4, 0.5) is 4.79 Å². The Balaban J connectivity index is 1.94. The second-order valence-corrected chi connectivity index (χ2v) is 6.42. The Hall–Kier alpha value is -1.86. The number of carbonyl (C=O) groups is 1. The second kappa shape index (κ2) is 6.33. The highest BCUT2D eigenvalue weighted by Gasteiger charge is 2.25. The highest BCUT2D eigenvalue weighted by atomic mass is 35.5. The van der Waals surface area contributed by atoms with Crippen LogP contribution in [0, 0.1) is 5.92 Å². The minimum Gasteiger partial charge on any atom is -0.323 e. The van der Waals surface area contributed by atoms with Crippen LogP contribution in [0.15, 0.2) is 23.0 Å². The Kier molecular flexibility index (Phi) is 4.41. The number of aromatic nitrogens is 4. The molecule has 7 nitrogen and oxygen atoms in total. The molecular formula is C14H15Cl2N5O2. The number of para-hydroxylation sites is 1. The van der Waals surface area contributed by atoms with E-state index in [1.54, 1.807) is 23.1 Å². The highest BCUT2D eigenvalue weighted by molar-refractivity contribution is 6.37. The highest BCUT2D eigenvalue weighted by Crippen LogP contribution is 2.26. The summed E-state index contributed by atoms with van der Waals surface area (Å²) in [6, 6.07) is 4.35. The molecule has 0 bridgehead atoms. The molecule has 1 amide bonds. The number of rotatable bonds is 1. The molecule has 0 atom stereocenters. The number of halogens is 2. The number of piperidine rings is 1. The van der Waals surface area contributed by atoms with Gasteiger partial charge in [-0.15, -0.1) is 4.68 Å². The molecule has 0 radical (unpaired) electrons. The van der Waals surface area contributed by atoms with E-state index in [2.05, 4.69) is 17.4 Å². The third-order valence-corrected chi connectivity index (χ3v) is 4.58. The zero-order chi connectivity index (χ0) is 16.6. The summed E-state index contributed by atoms with van der Waals surface area (Å²) >= 11 is 12.1. The maximum atomic E-state index is 12.5. The second-order valence-electron chi connectivity index (χ2n) is 5.61. The van der Waals surface area contributed by atoms with Gasteiger partial charge in [-0.25, -0.2) is 9.59 Å². The molecule has 1 aliphatic rings. The van der Waals surface area contributed by atoms with E-state index in [1.807, 2.05) is 0 Å². The normalized spacial score (nSPS) is 15.9. The van der Waals surface area contributed by atoms with Crippen molar-refractivity contribution in [2.45, 2.75) is 19.8 Å². The molecule has 1 aromatic heterocycles. The molecule has 0 saturated carbocycles. The molecule has 0 aliphatic carbocycles. The zero-order valence-corrected chi connectivity index (χ0v) is 14.0. The van der Waals surface area contributed by atoms with Crippen molar-refractivity contribution in [1.82, 2.24) is 24.7 Å². The Morgan fingerprint density at radius 1 is 1.17 bits per heavy atom. The third kappa shape index (κ3) is 2.98. The van der Waals surface area contributed by atoms with E-state index < -0.39 is 11.7 Å². The molecule has 0 unspecified atom stereocenters. The van der Waals surface area contributed by atoms with Gasteiger partial charge in [-0.3, -0.25) is 0 Å². The van der Waals surface area contributed by atoms with Crippen LogP contribution >= 0.6 is 23.2 Å². The van der Waals surface area contributed by atoms with E-state index >= 15 is 0 Å². The molecule has 122 valence electrons. The predicted molar refractivity (Wildman–Crippen MR) is 86.4 cm³/mol. The zero-order valence-electron chi connectivity index (χ0n) is 12.4. The molecular weight excluding hydrogens is 341 g/mol. The minimum absolute atomic E-state index is 0.215. The van der Waals surface area contributed by atoms with Gasteiger partial charge in [-0.05, 0) is 41.3 Å². The van der Waals surface area contributed by atoms with Gasteiger partial charge >= 0.3 is 11.7 Å². The van der Waals surface area contributed by atoms with Crippen molar-refractivity contribution in [3.8, 4) is 5.69 Å². The SMILES string of the molecule is CC1CCN(C(=O)n2nnn(-c3c(Cl)cccc3Cl)c2=O)CC1. The molecule has 1 aliphatic heterocycles. The lowest BCUT2D eigenvalue weighted by molar-refractivity contribution is 0.171. The average molecular weight is 356 g/mol. The first kappa shape index (κ1) is 16.0. The van der Waals surface area contributed by atoms with E-state index in [0.29, 0.717) is 19.0 Å².